The van der Waals surface area contributed by atoms with Crippen molar-refractivity contribution in [2.75, 3.05) is 7.11 Å². The van der Waals surface area contributed by atoms with E-state index in [4.69, 9.17) is 22.2 Å². The van der Waals surface area contributed by atoms with Crippen molar-refractivity contribution in [1.29, 1.82) is 0 Å². The Labute approximate surface area is 80.2 Å². The average molecular weight is 206 g/mol. The monoisotopic (exact) mass is 205 g/mol. The Morgan fingerprint density at radius 1 is 1.54 bits per heavy atom. The molecule has 0 spiro atoms. The molecule has 0 saturated heterocycles. The number of hydrogen-bond acceptors (Lipinski definition) is 3. The fourth-order valence-corrected chi connectivity index (χ4v) is 1.27. The maximum Gasteiger partial charge on any atom is 0.145 e. The number of halogens is 2. The second-order valence-electron chi connectivity index (χ2n) is 2.35. The second kappa shape index (κ2) is 4.41. The van der Waals surface area contributed by atoms with Gasteiger partial charge in [0.2, 0.25) is 0 Å². The molecular formula is C8H9ClFNO2. The van der Waals surface area contributed by atoms with Crippen LogP contribution in [0, 0.1) is 5.82 Å². The molecule has 0 aliphatic carbocycles. The van der Waals surface area contributed by atoms with E-state index in [0.29, 0.717) is 5.02 Å². The van der Waals surface area contributed by atoms with E-state index in [1.165, 1.54) is 19.2 Å². The van der Waals surface area contributed by atoms with Gasteiger partial charge in [-0.2, -0.15) is 0 Å². The van der Waals surface area contributed by atoms with Crippen LogP contribution in [-0.2, 0) is 11.4 Å². The molecule has 0 amide bonds. The van der Waals surface area contributed by atoms with Crippen LogP contribution in [0.25, 0.3) is 0 Å². The highest BCUT2D eigenvalue weighted by molar-refractivity contribution is 6.32. The third-order valence-electron chi connectivity index (χ3n) is 1.59. The molecule has 0 saturated carbocycles. The summed E-state index contributed by atoms with van der Waals surface area (Å²) in [6, 6.07) is 2.65. The van der Waals surface area contributed by atoms with Crippen LogP contribution in [0.2, 0.25) is 5.02 Å². The van der Waals surface area contributed by atoms with E-state index >= 15 is 0 Å². The van der Waals surface area contributed by atoms with Gasteiger partial charge in [0.1, 0.15) is 11.6 Å². The van der Waals surface area contributed by atoms with Crippen LogP contribution < -0.4 is 10.6 Å². The zero-order valence-electron chi connectivity index (χ0n) is 7.01. The van der Waals surface area contributed by atoms with Gasteiger partial charge in [0.15, 0.2) is 0 Å². The van der Waals surface area contributed by atoms with Crippen molar-refractivity contribution in [2.45, 2.75) is 6.61 Å². The maximum atomic E-state index is 13.1. The van der Waals surface area contributed by atoms with Crippen molar-refractivity contribution in [3.05, 3.63) is 28.5 Å². The number of benzene rings is 1. The van der Waals surface area contributed by atoms with Gasteiger partial charge in [0.05, 0.1) is 24.3 Å². The molecule has 72 valence electrons. The molecule has 0 aliphatic heterocycles. The lowest BCUT2D eigenvalue weighted by atomic mass is 10.2. The Morgan fingerprint density at radius 3 is 2.77 bits per heavy atom. The quantitative estimate of drug-likeness (QED) is 0.767. The Balaban J connectivity index is 3.18. The molecule has 0 bridgehead atoms. The molecule has 0 radical (unpaired) electrons. The summed E-state index contributed by atoms with van der Waals surface area (Å²) in [4.78, 5) is 4.33. The summed E-state index contributed by atoms with van der Waals surface area (Å²) in [7, 11) is 1.40. The van der Waals surface area contributed by atoms with E-state index < -0.39 is 5.82 Å². The van der Waals surface area contributed by atoms with E-state index in [-0.39, 0.29) is 17.9 Å². The van der Waals surface area contributed by atoms with Crippen molar-refractivity contribution in [3.8, 4) is 5.75 Å². The highest BCUT2D eigenvalue weighted by atomic mass is 35.5. The summed E-state index contributed by atoms with van der Waals surface area (Å²) >= 11 is 5.75. The van der Waals surface area contributed by atoms with Crippen LogP contribution in [0.3, 0.4) is 0 Å². The van der Waals surface area contributed by atoms with E-state index in [9.17, 15) is 4.39 Å². The van der Waals surface area contributed by atoms with Gasteiger partial charge in [-0.05, 0) is 12.1 Å². The first kappa shape index (κ1) is 10.2. The Bertz CT molecular complexity index is 306. The molecule has 0 aliphatic rings. The minimum Gasteiger partial charge on any atom is -0.495 e. The van der Waals surface area contributed by atoms with Gasteiger partial charge in [-0.25, -0.2) is 10.3 Å². The molecule has 1 rings (SSSR count). The van der Waals surface area contributed by atoms with Crippen molar-refractivity contribution >= 4 is 11.6 Å². The zero-order valence-corrected chi connectivity index (χ0v) is 7.77. The molecule has 3 nitrogen and oxygen atoms in total. The fourth-order valence-electron chi connectivity index (χ4n) is 1.01. The summed E-state index contributed by atoms with van der Waals surface area (Å²) < 4.78 is 18.0. The number of methoxy groups -OCH3 is 1. The van der Waals surface area contributed by atoms with Crippen LogP contribution in [0.15, 0.2) is 12.1 Å². The molecule has 0 heterocycles. The Hall–Kier alpha value is -0.840. The fraction of sp³-hybridized carbons (Fsp3) is 0.250. The molecule has 13 heavy (non-hydrogen) atoms. The molecule has 0 unspecified atom stereocenters. The minimum absolute atomic E-state index is 0.0738. The summed E-state index contributed by atoms with van der Waals surface area (Å²) in [6.07, 6.45) is 0. The predicted molar refractivity (Wildman–Crippen MR) is 46.9 cm³/mol. The lowest BCUT2D eigenvalue weighted by Crippen LogP contribution is -2.03. The molecule has 2 N–H and O–H groups in total. The van der Waals surface area contributed by atoms with Gasteiger partial charge in [-0.15, -0.1) is 0 Å². The van der Waals surface area contributed by atoms with Crippen molar-refractivity contribution in [2.24, 2.45) is 5.90 Å². The number of nitrogens with two attached hydrogens (primary N) is 1. The van der Waals surface area contributed by atoms with Crippen LogP contribution in [0.1, 0.15) is 5.56 Å². The number of rotatable bonds is 3. The van der Waals surface area contributed by atoms with Crippen LogP contribution in [0.4, 0.5) is 4.39 Å². The summed E-state index contributed by atoms with van der Waals surface area (Å²) in [5.41, 5.74) is 0.220. The van der Waals surface area contributed by atoms with Crippen molar-refractivity contribution in [3.63, 3.8) is 0 Å². The van der Waals surface area contributed by atoms with E-state index in [1.54, 1.807) is 0 Å². The largest absolute Gasteiger partial charge is 0.495 e. The highest BCUT2D eigenvalue weighted by Crippen LogP contribution is 2.30. The molecule has 0 atom stereocenters. The first-order chi connectivity index (χ1) is 6.20. The molecular weight excluding hydrogens is 197 g/mol. The molecule has 5 heteroatoms. The third-order valence-corrected chi connectivity index (χ3v) is 1.88. The summed E-state index contributed by atoms with van der Waals surface area (Å²) in [5.74, 6) is 4.64. The van der Waals surface area contributed by atoms with Gasteiger partial charge in [-0.3, -0.25) is 4.84 Å². The van der Waals surface area contributed by atoms with E-state index in [2.05, 4.69) is 4.84 Å². The van der Waals surface area contributed by atoms with E-state index in [1.807, 2.05) is 0 Å². The minimum atomic E-state index is -0.452. The summed E-state index contributed by atoms with van der Waals surface area (Å²) in [5, 5.41) is 0.330. The van der Waals surface area contributed by atoms with Crippen LogP contribution in [-0.4, -0.2) is 7.11 Å². The Kier molecular flexibility index (Phi) is 3.48. The Morgan fingerprint density at radius 2 is 2.23 bits per heavy atom. The average Bonchev–Trinajstić information content (AvgIpc) is 2.12. The van der Waals surface area contributed by atoms with Gasteiger partial charge < -0.3 is 4.74 Å². The molecule has 0 fully saturated rings. The standard InChI is InChI=1S/C8H9ClFNO2/c1-12-8-5(4-13-11)7(10)3-2-6(8)9/h2-3H,4,11H2,1H3. The van der Waals surface area contributed by atoms with Crippen LogP contribution in [0.5, 0.6) is 5.75 Å². The number of hydrogen-bond donors (Lipinski definition) is 1. The van der Waals surface area contributed by atoms with Crippen molar-refractivity contribution in [1.82, 2.24) is 0 Å². The normalized spacial score (nSPS) is 10.2. The SMILES string of the molecule is COc1c(Cl)ccc(F)c1CON. The zero-order chi connectivity index (χ0) is 9.84. The lowest BCUT2D eigenvalue weighted by molar-refractivity contribution is 0.119. The van der Waals surface area contributed by atoms with Gasteiger partial charge in [-0.1, -0.05) is 11.6 Å². The summed E-state index contributed by atoms with van der Waals surface area (Å²) in [6.45, 7) is -0.0738. The van der Waals surface area contributed by atoms with Gasteiger partial charge in [0.25, 0.3) is 0 Å². The second-order valence-corrected chi connectivity index (χ2v) is 2.76. The van der Waals surface area contributed by atoms with E-state index in [0.717, 1.165) is 0 Å². The molecule has 0 aromatic heterocycles. The smallest absolute Gasteiger partial charge is 0.145 e. The first-order valence-electron chi connectivity index (χ1n) is 3.53. The first-order valence-corrected chi connectivity index (χ1v) is 3.91. The van der Waals surface area contributed by atoms with Gasteiger partial charge >= 0.3 is 0 Å². The van der Waals surface area contributed by atoms with Crippen molar-refractivity contribution < 1.29 is 14.0 Å². The van der Waals surface area contributed by atoms with Gasteiger partial charge in [0, 0.05) is 0 Å². The highest BCUT2D eigenvalue weighted by Gasteiger charge is 2.12. The predicted octanol–water partition coefficient (Wildman–Crippen LogP) is 1.88. The lowest BCUT2D eigenvalue weighted by Gasteiger charge is -2.09. The van der Waals surface area contributed by atoms with Crippen LogP contribution >= 0.6 is 11.6 Å². The maximum absolute atomic E-state index is 13.1. The third kappa shape index (κ3) is 2.09. The molecule has 1 aromatic rings. The number of ether oxygens (including phenoxy) is 1. The molecule has 1 aromatic carbocycles. The topological polar surface area (TPSA) is 44.5 Å².